The Morgan fingerprint density at radius 1 is 1.16 bits per heavy atom. The number of methoxy groups -OCH3 is 2. The first kappa shape index (κ1) is 17.3. The van der Waals surface area contributed by atoms with E-state index in [2.05, 4.69) is 26.2 Å². The number of fused-ring (bicyclic) bond motifs is 1. The summed E-state index contributed by atoms with van der Waals surface area (Å²) in [4.78, 5) is 16.7. The van der Waals surface area contributed by atoms with Crippen molar-refractivity contribution in [2.24, 2.45) is 0 Å². The highest BCUT2D eigenvalue weighted by Crippen LogP contribution is 2.27. The van der Waals surface area contributed by atoms with Crippen LogP contribution in [-0.2, 0) is 17.8 Å². The SMILES string of the molecule is COc1ccc(CC(=O)NCc2cn3cc(Br)ccc3n2)cc1OC. The molecule has 130 valence electrons. The fourth-order valence-corrected chi connectivity index (χ4v) is 2.88. The number of aromatic nitrogens is 2. The summed E-state index contributed by atoms with van der Waals surface area (Å²) in [5, 5.41) is 2.89. The van der Waals surface area contributed by atoms with E-state index in [0.29, 0.717) is 18.0 Å². The highest BCUT2D eigenvalue weighted by molar-refractivity contribution is 9.10. The lowest BCUT2D eigenvalue weighted by Gasteiger charge is -2.09. The maximum atomic E-state index is 12.2. The second kappa shape index (κ2) is 7.57. The van der Waals surface area contributed by atoms with Gasteiger partial charge in [0.25, 0.3) is 0 Å². The minimum absolute atomic E-state index is 0.0783. The fraction of sp³-hybridized carbons (Fsp3) is 0.222. The van der Waals surface area contributed by atoms with Gasteiger partial charge in [-0.25, -0.2) is 4.98 Å². The van der Waals surface area contributed by atoms with Gasteiger partial charge in [0.2, 0.25) is 5.91 Å². The van der Waals surface area contributed by atoms with Crippen LogP contribution in [-0.4, -0.2) is 29.5 Å². The Morgan fingerprint density at radius 2 is 1.96 bits per heavy atom. The number of nitrogens with one attached hydrogen (secondary N) is 1. The zero-order chi connectivity index (χ0) is 17.8. The number of benzene rings is 1. The van der Waals surface area contributed by atoms with E-state index in [4.69, 9.17) is 9.47 Å². The first-order chi connectivity index (χ1) is 12.1. The lowest BCUT2D eigenvalue weighted by Crippen LogP contribution is -2.24. The maximum Gasteiger partial charge on any atom is 0.224 e. The summed E-state index contributed by atoms with van der Waals surface area (Å²) in [7, 11) is 3.15. The van der Waals surface area contributed by atoms with Crippen molar-refractivity contribution in [3.63, 3.8) is 0 Å². The number of halogens is 1. The van der Waals surface area contributed by atoms with E-state index in [9.17, 15) is 4.79 Å². The Bertz CT molecular complexity index is 908. The van der Waals surface area contributed by atoms with Gasteiger partial charge in [0.1, 0.15) is 5.65 Å². The van der Waals surface area contributed by atoms with Gasteiger partial charge in [-0.2, -0.15) is 0 Å². The van der Waals surface area contributed by atoms with Crippen molar-refractivity contribution in [2.75, 3.05) is 14.2 Å². The van der Waals surface area contributed by atoms with Crippen LogP contribution in [0.1, 0.15) is 11.3 Å². The van der Waals surface area contributed by atoms with Gasteiger partial charge in [-0.3, -0.25) is 4.79 Å². The number of ether oxygens (including phenoxy) is 2. The van der Waals surface area contributed by atoms with E-state index in [1.54, 1.807) is 26.4 Å². The van der Waals surface area contributed by atoms with Crippen molar-refractivity contribution >= 4 is 27.5 Å². The van der Waals surface area contributed by atoms with E-state index in [1.165, 1.54) is 0 Å². The Balaban J connectivity index is 1.62. The van der Waals surface area contributed by atoms with E-state index in [1.807, 2.05) is 35.0 Å². The number of carbonyl (C=O) groups is 1. The zero-order valence-electron chi connectivity index (χ0n) is 14.0. The molecule has 2 heterocycles. The van der Waals surface area contributed by atoms with E-state index in [0.717, 1.165) is 21.4 Å². The predicted octanol–water partition coefficient (Wildman–Crippen LogP) is 2.97. The molecule has 3 aromatic rings. The van der Waals surface area contributed by atoms with E-state index in [-0.39, 0.29) is 12.3 Å². The van der Waals surface area contributed by atoms with Gasteiger partial charge in [-0.05, 0) is 45.8 Å². The highest BCUT2D eigenvalue weighted by Gasteiger charge is 2.09. The van der Waals surface area contributed by atoms with Gasteiger partial charge in [-0.1, -0.05) is 6.07 Å². The molecule has 1 amide bonds. The summed E-state index contributed by atoms with van der Waals surface area (Å²) in [6.45, 7) is 0.380. The zero-order valence-corrected chi connectivity index (χ0v) is 15.5. The summed E-state index contributed by atoms with van der Waals surface area (Å²) in [6.07, 6.45) is 4.09. The first-order valence-electron chi connectivity index (χ1n) is 7.70. The van der Waals surface area contributed by atoms with Crippen LogP contribution >= 0.6 is 15.9 Å². The molecule has 0 aliphatic heterocycles. The molecule has 0 radical (unpaired) electrons. The lowest BCUT2D eigenvalue weighted by molar-refractivity contribution is -0.120. The van der Waals surface area contributed by atoms with Gasteiger partial charge < -0.3 is 19.2 Å². The Morgan fingerprint density at radius 3 is 2.72 bits per heavy atom. The monoisotopic (exact) mass is 403 g/mol. The number of amides is 1. The number of hydrogen-bond acceptors (Lipinski definition) is 4. The second-order valence-corrected chi connectivity index (χ2v) is 6.40. The highest BCUT2D eigenvalue weighted by atomic mass is 79.9. The van der Waals surface area contributed by atoms with Gasteiger partial charge in [-0.15, -0.1) is 0 Å². The van der Waals surface area contributed by atoms with E-state index < -0.39 is 0 Å². The van der Waals surface area contributed by atoms with Crippen molar-refractivity contribution < 1.29 is 14.3 Å². The van der Waals surface area contributed by atoms with Crippen LogP contribution in [0, 0.1) is 0 Å². The van der Waals surface area contributed by atoms with Crippen molar-refractivity contribution in [1.29, 1.82) is 0 Å². The normalized spacial score (nSPS) is 10.7. The molecule has 6 nitrogen and oxygen atoms in total. The largest absolute Gasteiger partial charge is 0.493 e. The minimum Gasteiger partial charge on any atom is -0.493 e. The maximum absolute atomic E-state index is 12.2. The molecule has 0 unspecified atom stereocenters. The van der Waals surface area contributed by atoms with Crippen LogP contribution < -0.4 is 14.8 Å². The summed E-state index contributed by atoms with van der Waals surface area (Å²) < 4.78 is 13.3. The standard InChI is InChI=1S/C18H18BrN3O3/c1-24-15-5-3-12(7-16(15)25-2)8-18(23)20-9-14-11-22-10-13(19)4-6-17(22)21-14/h3-7,10-11H,8-9H2,1-2H3,(H,20,23). The number of nitrogens with zero attached hydrogens (tertiary/aromatic N) is 2. The third-order valence-corrected chi connectivity index (χ3v) is 4.21. The number of pyridine rings is 1. The Hall–Kier alpha value is -2.54. The molecule has 7 heteroatoms. The van der Waals surface area contributed by atoms with Crippen molar-refractivity contribution in [3.8, 4) is 11.5 Å². The van der Waals surface area contributed by atoms with Crippen LogP contribution in [0.4, 0.5) is 0 Å². The lowest BCUT2D eigenvalue weighted by atomic mass is 10.1. The molecule has 0 aliphatic rings. The third kappa shape index (κ3) is 4.11. The molecule has 0 fully saturated rings. The van der Waals surface area contributed by atoms with Crippen molar-refractivity contribution in [3.05, 3.63) is 58.5 Å². The number of rotatable bonds is 6. The average Bonchev–Trinajstić information content (AvgIpc) is 3.01. The van der Waals surface area contributed by atoms with Gasteiger partial charge in [0.15, 0.2) is 11.5 Å². The molecule has 0 atom stereocenters. The molecular formula is C18H18BrN3O3. The van der Waals surface area contributed by atoms with Gasteiger partial charge in [0, 0.05) is 16.9 Å². The molecule has 0 aliphatic carbocycles. The minimum atomic E-state index is -0.0783. The Labute approximate surface area is 153 Å². The van der Waals surface area contributed by atoms with Crippen molar-refractivity contribution in [1.82, 2.24) is 14.7 Å². The van der Waals surface area contributed by atoms with Crippen LogP contribution in [0.25, 0.3) is 5.65 Å². The van der Waals surface area contributed by atoms with Crippen LogP contribution in [0.15, 0.2) is 47.2 Å². The summed E-state index contributed by atoms with van der Waals surface area (Å²) in [5.74, 6) is 1.17. The number of imidazole rings is 1. The fourth-order valence-electron chi connectivity index (χ4n) is 2.53. The van der Waals surface area contributed by atoms with Gasteiger partial charge >= 0.3 is 0 Å². The van der Waals surface area contributed by atoms with Crippen LogP contribution in [0.2, 0.25) is 0 Å². The van der Waals surface area contributed by atoms with Crippen LogP contribution in [0.3, 0.4) is 0 Å². The smallest absolute Gasteiger partial charge is 0.224 e. The second-order valence-electron chi connectivity index (χ2n) is 5.49. The third-order valence-electron chi connectivity index (χ3n) is 3.74. The van der Waals surface area contributed by atoms with E-state index >= 15 is 0 Å². The van der Waals surface area contributed by atoms with Crippen molar-refractivity contribution in [2.45, 2.75) is 13.0 Å². The summed E-state index contributed by atoms with van der Waals surface area (Å²) >= 11 is 3.43. The molecule has 0 bridgehead atoms. The average molecular weight is 404 g/mol. The quantitative estimate of drug-likeness (QED) is 0.686. The molecule has 1 N–H and O–H groups in total. The molecule has 25 heavy (non-hydrogen) atoms. The molecule has 0 saturated heterocycles. The summed E-state index contributed by atoms with van der Waals surface area (Å²) in [6, 6.07) is 9.30. The van der Waals surface area contributed by atoms with Gasteiger partial charge in [0.05, 0.1) is 32.9 Å². The predicted molar refractivity (Wildman–Crippen MR) is 98.0 cm³/mol. The number of hydrogen-bond donors (Lipinski definition) is 1. The molecular weight excluding hydrogens is 386 g/mol. The number of carbonyl (C=O) groups excluding carboxylic acids is 1. The topological polar surface area (TPSA) is 64.9 Å². The molecule has 2 aromatic heterocycles. The molecule has 3 rings (SSSR count). The van der Waals surface area contributed by atoms with Crippen LogP contribution in [0.5, 0.6) is 11.5 Å². The molecule has 0 saturated carbocycles. The molecule has 0 spiro atoms. The molecule has 1 aromatic carbocycles. The Kier molecular flexibility index (Phi) is 5.23. The summed E-state index contributed by atoms with van der Waals surface area (Å²) in [5.41, 5.74) is 2.50. The first-order valence-corrected chi connectivity index (χ1v) is 8.49.